The van der Waals surface area contributed by atoms with Crippen molar-refractivity contribution < 1.29 is 28.6 Å². The summed E-state index contributed by atoms with van der Waals surface area (Å²) in [5, 5.41) is 0. The molecule has 0 aliphatic heterocycles. The maximum absolute atomic E-state index is 11.0. The van der Waals surface area contributed by atoms with Crippen LogP contribution in [0.1, 0.15) is 101 Å². The van der Waals surface area contributed by atoms with Crippen LogP contribution in [-0.2, 0) is 0 Å². The Labute approximate surface area is 290 Å². The first-order valence-corrected chi connectivity index (χ1v) is 21.8. The van der Waals surface area contributed by atoms with E-state index in [1.54, 1.807) is 0 Å². The van der Waals surface area contributed by atoms with Crippen molar-refractivity contribution >= 4 is 15.9 Å². The van der Waals surface area contributed by atoms with E-state index in [1.807, 2.05) is 60.7 Å². The van der Waals surface area contributed by atoms with E-state index >= 15 is 0 Å². The Morgan fingerprint density at radius 1 is 0.458 bits per heavy atom. The van der Waals surface area contributed by atoms with E-state index in [2.05, 4.69) is 67.6 Å². The molecule has 264 valence electrons. The molecule has 4 N–H and O–H groups in total. The third-order valence-electron chi connectivity index (χ3n) is 8.30. The predicted molar refractivity (Wildman–Crippen MR) is 205 cm³/mol. The topological polar surface area (TPSA) is 99.4 Å². The summed E-state index contributed by atoms with van der Waals surface area (Å²) in [6.45, 7) is 2.22. The van der Waals surface area contributed by atoms with Crippen LogP contribution in [0.25, 0.3) is 0 Å². The van der Waals surface area contributed by atoms with E-state index in [1.165, 1.54) is 36.8 Å². The van der Waals surface area contributed by atoms with Crippen LogP contribution in [0.5, 0.6) is 11.5 Å². The fraction of sp³-hybridized carbons (Fsp3) is 0.400. The van der Waals surface area contributed by atoms with Gasteiger partial charge in [0.05, 0.1) is 0 Å². The summed E-state index contributed by atoms with van der Waals surface area (Å²) in [6, 6.07) is 40.2. The molecular weight excluding hydrogens is 638 g/mol. The SMILES string of the molecule is CCCCCCCC[PH](O)(Oc1ccccc1)Oc1ccccc1.O[PH](O)(O)CCCCCCCC(c1ccccc1)c1ccccc1. The third kappa shape index (κ3) is 17.0. The zero-order valence-corrected chi connectivity index (χ0v) is 30.6. The number of para-hydroxylation sites is 2. The first-order chi connectivity index (χ1) is 23.3. The zero-order chi connectivity index (χ0) is 34.3. The van der Waals surface area contributed by atoms with Crippen LogP contribution in [0.2, 0.25) is 0 Å². The molecule has 0 amide bonds. The molecule has 0 aliphatic rings. The molecule has 6 nitrogen and oxygen atoms in total. The molecule has 0 saturated carbocycles. The molecule has 0 aromatic heterocycles. The fourth-order valence-corrected chi connectivity index (χ4v) is 8.41. The van der Waals surface area contributed by atoms with Crippen LogP contribution in [0.4, 0.5) is 0 Å². The Bertz CT molecular complexity index is 1260. The van der Waals surface area contributed by atoms with Crippen LogP contribution in [0, 0.1) is 0 Å². The second-order valence-electron chi connectivity index (χ2n) is 12.5. The Hall–Kier alpha value is -2.82. The van der Waals surface area contributed by atoms with E-state index in [0.29, 0.717) is 30.0 Å². The standard InChI is InChI=1S/2C20H29O3P/c1-2-3-4-5-6-13-18-24(21,22-19-14-9-7-10-15-19)23-20-16-11-8-12-17-20;21-24(22,23)17-11-3-1-2-10-16-20(18-12-6-4-7-13-18)19-14-8-5-9-15-19/h7-12,14-17,21,24H,2-6,13,18H2,1H3;4-9,12-15,20-24H,1-3,10-11,16-17H2. The monoisotopic (exact) mass is 696 g/mol. The summed E-state index contributed by atoms with van der Waals surface area (Å²) < 4.78 is 11.8. The molecule has 0 aliphatic carbocycles. The average Bonchev–Trinajstić information content (AvgIpc) is 3.09. The molecule has 0 radical (unpaired) electrons. The Balaban J connectivity index is 0.000000260. The number of rotatable bonds is 21. The molecule has 4 rings (SSSR count). The normalized spacial score (nSPS) is 12.2. The van der Waals surface area contributed by atoms with Crippen LogP contribution >= 0.6 is 15.9 Å². The van der Waals surface area contributed by atoms with Crippen LogP contribution in [0.3, 0.4) is 0 Å². The van der Waals surface area contributed by atoms with E-state index in [9.17, 15) is 4.89 Å². The van der Waals surface area contributed by atoms with E-state index in [-0.39, 0.29) is 6.16 Å². The van der Waals surface area contributed by atoms with Gasteiger partial charge >= 0.3 is 291 Å². The van der Waals surface area contributed by atoms with Crippen LogP contribution < -0.4 is 9.05 Å². The molecule has 0 heterocycles. The van der Waals surface area contributed by atoms with Crippen molar-refractivity contribution in [1.29, 1.82) is 0 Å². The van der Waals surface area contributed by atoms with Crippen molar-refractivity contribution in [2.45, 2.75) is 89.9 Å². The van der Waals surface area contributed by atoms with Crippen molar-refractivity contribution in [3.63, 3.8) is 0 Å². The fourth-order valence-electron chi connectivity index (χ4n) is 5.73. The minimum absolute atomic E-state index is 0.156. The van der Waals surface area contributed by atoms with Gasteiger partial charge in [0.1, 0.15) is 0 Å². The van der Waals surface area contributed by atoms with Crippen molar-refractivity contribution in [1.82, 2.24) is 0 Å². The number of benzene rings is 4. The number of unbranched alkanes of at least 4 members (excludes halogenated alkanes) is 9. The number of hydrogen-bond donors (Lipinski definition) is 4. The van der Waals surface area contributed by atoms with E-state index in [4.69, 9.17) is 23.7 Å². The molecule has 0 fully saturated rings. The first kappa shape index (κ1) is 39.6. The second kappa shape index (κ2) is 22.7. The first-order valence-electron chi connectivity index (χ1n) is 17.8. The molecule has 8 heteroatoms. The quantitative estimate of drug-likeness (QED) is 0.0511. The molecule has 0 spiro atoms. The van der Waals surface area contributed by atoms with Crippen LogP contribution in [0.15, 0.2) is 121 Å². The molecule has 4 aromatic rings. The minimum atomic E-state index is -3.83. The van der Waals surface area contributed by atoms with Crippen LogP contribution in [-0.4, -0.2) is 31.9 Å². The van der Waals surface area contributed by atoms with Gasteiger partial charge in [0.15, 0.2) is 0 Å². The van der Waals surface area contributed by atoms with Crippen molar-refractivity contribution in [2.75, 3.05) is 12.3 Å². The molecule has 0 unspecified atom stereocenters. The van der Waals surface area contributed by atoms with Gasteiger partial charge in [-0.15, -0.1) is 0 Å². The summed E-state index contributed by atoms with van der Waals surface area (Å²) in [7, 11) is -7.13. The zero-order valence-electron chi connectivity index (χ0n) is 28.6. The van der Waals surface area contributed by atoms with Gasteiger partial charge in [0, 0.05) is 0 Å². The van der Waals surface area contributed by atoms with Crippen molar-refractivity contribution in [2.24, 2.45) is 0 Å². The Morgan fingerprint density at radius 3 is 1.27 bits per heavy atom. The molecule has 0 atom stereocenters. The Morgan fingerprint density at radius 2 is 0.833 bits per heavy atom. The van der Waals surface area contributed by atoms with Gasteiger partial charge in [-0.05, 0) is 0 Å². The summed E-state index contributed by atoms with van der Waals surface area (Å²) in [5.74, 6) is 1.75. The van der Waals surface area contributed by atoms with Gasteiger partial charge in [-0.1, -0.05) is 0 Å². The van der Waals surface area contributed by atoms with Gasteiger partial charge in [-0.25, -0.2) is 0 Å². The molecule has 0 saturated heterocycles. The van der Waals surface area contributed by atoms with Gasteiger partial charge in [-0.2, -0.15) is 0 Å². The third-order valence-corrected chi connectivity index (χ3v) is 11.4. The molecule has 0 bridgehead atoms. The summed E-state index contributed by atoms with van der Waals surface area (Å²) in [5.41, 5.74) is 2.72. The predicted octanol–water partition coefficient (Wildman–Crippen LogP) is 10.6. The second-order valence-corrected chi connectivity index (χ2v) is 16.9. The summed E-state index contributed by atoms with van der Waals surface area (Å²) in [6.07, 6.45) is 13.8. The van der Waals surface area contributed by atoms with E-state index < -0.39 is 15.9 Å². The number of hydrogen-bond acceptors (Lipinski definition) is 6. The summed E-state index contributed by atoms with van der Waals surface area (Å²) in [4.78, 5) is 38.0. The van der Waals surface area contributed by atoms with Gasteiger partial charge in [0.2, 0.25) is 0 Å². The van der Waals surface area contributed by atoms with Gasteiger partial charge in [0.25, 0.3) is 0 Å². The van der Waals surface area contributed by atoms with Crippen molar-refractivity contribution in [3.05, 3.63) is 132 Å². The van der Waals surface area contributed by atoms with E-state index in [0.717, 1.165) is 44.9 Å². The van der Waals surface area contributed by atoms with Gasteiger partial charge in [-0.3, -0.25) is 0 Å². The molecular formula is C40H58O6P2. The molecule has 4 aromatic carbocycles. The maximum atomic E-state index is 11.0. The summed E-state index contributed by atoms with van der Waals surface area (Å²) >= 11 is 0. The molecule has 48 heavy (non-hydrogen) atoms. The van der Waals surface area contributed by atoms with Gasteiger partial charge < -0.3 is 0 Å². The Kier molecular flexibility index (Phi) is 18.8. The average molecular weight is 697 g/mol. The van der Waals surface area contributed by atoms with Crippen molar-refractivity contribution in [3.8, 4) is 11.5 Å².